The fourth-order valence-electron chi connectivity index (χ4n) is 6.13. The lowest BCUT2D eigenvalue weighted by Gasteiger charge is -2.43. The zero-order valence-corrected chi connectivity index (χ0v) is 28.4. The summed E-state index contributed by atoms with van der Waals surface area (Å²) in [6, 6.07) is 16.1. The third-order valence-corrected chi connectivity index (χ3v) is 10.0. The van der Waals surface area contributed by atoms with Gasteiger partial charge in [0.05, 0.1) is 5.69 Å². The van der Waals surface area contributed by atoms with Gasteiger partial charge in [0.15, 0.2) is 0 Å². The smallest absolute Gasteiger partial charge is 0.444 e. The minimum atomic E-state index is -4.76. The van der Waals surface area contributed by atoms with Gasteiger partial charge in [-0.15, -0.1) is 11.3 Å². The zero-order valence-electron chi connectivity index (χ0n) is 27.6. The Kier molecular flexibility index (Phi) is 9.81. The van der Waals surface area contributed by atoms with Crippen LogP contribution in [0.4, 0.5) is 18.0 Å². The van der Waals surface area contributed by atoms with Gasteiger partial charge in [-0.2, -0.15) is 18.2 Å². The molecule has 2 amide bonds. The van der Waals surface area contributed by atoms with Gasteiger partial charge in [0, 0.05) is 47.1 Å². The van der Waals surface area contributed by atoms with E-state index >= 15 is 0 Å². The van der Waals surface area contributed by atoms with Crippen molar-refractivity contribution in [3.8, 4) is 22.6 Å². The zero-order chi connectivity index (χ0) is 34.8. The monoisotopic (exact) mass is 696 g/mol. The number of benzene rings is 2. The molecule has 10 nitrogen and oxygen atoms in total. The number of aromatic nitrogens is 3. The highest BCUT2D eigenvalue weighted by Crippen LogP contribution is 2.39. The fraction of sp³-hybridized carbons (Fsp3) is 0.457. The van der Waals surface area contributed by atoms with Crippen molar-refractivity contribution in [2.45, 2.75) is 57.2 Å². The number of rotatable bonds is 9. The second kappa shape index (κ2) is 13.9. The third kappa shape index (κ3) is 8.30. The van der Waals surface area contributed by atoms with Gasteiger partial charge in [-0.05, 0) is 77.7 Å². The van der Waals surface area contributed by atoms with Gasteiger partial charge in [0.2, 0.25) is 5.82 Å². The number of carbonyl (C=O) groups excluding carboxylic acids is 2. The minimum Gasteiger partial charge on any atom is -0.444 e. The molecule has 2 aromatic carbocycles. The van der Waals surface area contributed by atoms with E-state index in [2.05, 4.69) is 30.3 Å². The average molecular weight is 697 g/mol. The van der Waals surface area contributed by atoms with Gasteiger partial charge in [-0.3, -0.25) is 4.79 Å². The number of alkyl halides is 3. The number of thiazole rings is 1. The van der Waals surface area contributed by atoms with E-state index in [9.17, 15) is 22.8 Å². The van der Waals surface area contributed by atoms with Crippen molar-refractivity contribution in [1.29, 1.82) is 0 Å². The highest BCUT2D eigenvalue weighted by Gasteiger charge is 2.41. The molecule has 2 aliphatic rings. The number of piperidine rings is 1. The molecular formula is C35H39F3N6O4S. The molecule has 0 atom stereocenters. The molecule has 4 heterocycles. The Labute approximate surface area is 286 Å². The summed E-state index contributed by atoms with van der Waals surface area (Å²) < 4.78 is 48.8. The Bertz CT molecular complexity index is 1760. The first-order valence-corrected chi connectivity index (χ1v) is 17.2. The number of ether oxygens (including phenoxy) is 1. The van der Waals surface area contributed by atoms with E-state index in [1.165, 1.54) is 12.1 Å². The van der Waals surface area contributed by atoms with Crippen LogP contribution < -0.4 is 5.32 Å². The Balaban J connectivity index is 1.11. The average Bonchev–Trinajstić information content (AvgIpc) is 3.75. The summed E-state index contributed by atoms with van der Waals surface area (Å²) in [4.78, 5) is 38.5. The largest absolute Gasteiger partial charge is 0.471 e. The normalized spacial score (nSPS) is 17.1. The number of hydrogen-bond acceptors (Lipinski definition) is 9. The summed E-state index contributed by atoms with van der Waals surface area (Å²) in [6.07, 6.45) is -2.47. The van der Waals surface area contributed by atoms with Gasteiger partial charge in [-0.1, -0.05) is 47.6 Å². The van der Waals surface area contributed by atoms with Crippen molar-refractivity contribution >= 4 is 23.3 Å². The molecule has 14 heteroatoms. The molecule has 0 spiro atoms. The van der Waals surface area contributed by atoms with Crippen molar-refractivity contribution in [1.82, 2.24) is 30.2 Å². The van der Waals surface area contributed by atoms with Crippen molar-refractivity contribution < 1.29 is 32.0 Å². The molecule has 4 aromatic rings. The summed E-state index contributed by atoms with van der Waals surface area (Å²) >= 11 is 1.59. The Hall–Kier alpha value is -4.30. The molecule has 49 heavy (non-hydrogen) atoms. The van der Waals surface area contributed by atoms with Crippen molar-refractivity contribution in [3.63, 3.8) is 0 Å². The van der Waals surface area contributed by atoms with Crippen LogP contribution in [0.2, 0.25) is 0 Å². The first-order valence-electron chi connectivity index (χ1n) is 16.3. The molecule has 2 saturated heterocycles. The van der Waals surface area contributed by atoms with Crippen LogP contribution in [0.5, 0.6) is 0 Å². The van der Waals surface area contributed by atoms with Crippen LogP contribution in [-0.4, -0.2) is 81.8 Å². The molecule has 0 aliphatic carbocycles. The summed E-state index contributed by atoms with van der Waals surface area (Å²) in [5.41, 5.74) is 1.51. The molecule has 0 saturated carbocycles. The topological polar surface area (TPSA) is 114 Å². The first-order chi connectivity index (χ1) is 23.3. The van der Waals surface area contributed by atoms with Gasteiger partial charge in [0.1, 0.15) is 10.6 Å². The Morgan fingerprint density at radius 1 is 1.02 bits per heavy atom. The van der Waals surface area contributed by atoms with E-state index < -0.39 is 23.1 Å². The highest BCUT2D eigenvalue weighted by molar-refractivity contribution is 7.10. The van der Waals surface area contributed by atoms with Gasteiger partial charge < -0.3 is 24.4 Å². The van der Waals surface area contributed by atoms with Crippen LogP contribution in [0.1, 0.15) is 61.3 Å². The molecule has 0 radical (unpaired) electrons. The molecule has 260 valence electrons. The van der Waals surface area contributed by atoms with E-state index in [0.29, 0.717) is 25.6 Å². The molecule has 0 unspecified atom stereocenters. The SMILES string of the molecule is CC(C)(C)OC(=O)N1CC(CCN2CCC(CNC(=O)c3cccc(-c4noc(C(F)(F)F)n4)c3)(c3nc(-c4ccccc4)cs3)CC2)C1. The minimum absolute atomic E-state index is 0.239. The van der Waals surface area contributed by atoms with E-state index in [1.54, 1.807) is 28.4 Å². The molecule has 6 rings (SSSR count). The van der Waals surface area contributed by atoms with Crippen LogP contribution in [0, 0.1) is 5.92 Å². The molecule has 2 aliphatic heterocycles. The predicted molar refractivity (Wildman–Crippen MR) is 178 cm³/mol. The lowest BCUT2D eigenvalue weighted by molar-refractivity contribution is -0.159. The molecule has 0 bridgehead atoms. The maximum Gasteiger partial charge on any atom is 0.471 e. The van der Waals surface area contributed by atoms with Crippen LogP contribution in [-0.2, 0) is 16.3 Å². The molecule has 1 N–H and O–H groups in total. The number of amides is 2. The first kappa shape index (κ1) is 34.6. The highest BCUT2D eigenvalue weighted by atomic mass is 32.1. The number of halogens is 3. The van der Waals surface area contributed by atoms with Crippen molar-refractivity contribution in [2.75, 3.05) is 39.3 Å². The maximum atomic E-state index is 13.4. The van der Waals surface area contributed by atoms with Crippen LogP contribution in [0.25, 0.3) is 22.6 Å². The van der Waals surface area contributed by atoms with E-state index in [1.807, 2.05) is 51.1 Å². The number of likely N-dealkylation sites (tertiary alicyclic amines) is 2. The number of carbonyl (C=O) groups is 2. The Morgan fingerprint density at radius 2 is 1.73 bits per heavy atom. The molecule has 2 aromatic heterocycles. The quantitative estimate of drug-likeness (QED) is 0.201. The van der Waals surface area contributed by atoms with Gasteiger partial charge in [0.25, 0.3) is 5.91 Å². The van der Waals surface area contributed by atoms with Gasteiger partial charge >= 0.3 is 18.2 Å². The predicted octanol–water partition coefficient (Wildman–Crippen LogP) is 6.90. The number of hydrogen-bond donors (Lipinski definition) is 1. The molecular weight excluding hydrogens is 657 g/mol. The summed E-state index contributed by atoms with van der Waals surface area (Å²) in [5.74, 6) is -1.61. The maximum absolute atomic E-state index is 13.4. The Morgan fingerprint density at radius 3 is 2.41 bits per heavy atom. The summed E-state index contributed by atoms with van der Waals surface area (Å²) in [7, 11) is 0. The van der Waals surface area contributed by atoms with E-state index in [0.717, 1.165) is 55.2 Å². The lowest BCUT2D eigenvalue weighted by Crippen LogP contribution is -2.53. The standard InChI is InChI=1S/C35H39F3N6O4S/c1-33(2,3)47-32(46)44-19-23(20-44)12-15-43-16-13-34(14-17-43,31-40-27(21-49-31)24-8-5-4-6-9-24)22-39-29(45)26-11-7-10-25(18-26)28-41-30(48-42-28)35(36,37)38/h4-11,18,21,23H,12-17,19-20,22H2,1-3H3,(H,39,45). The second-order valence-electron chi connectivity index (χ2n) is 13.8. The van der Waals surface area contributed by atoms with Crippen LogP contribution in [0.15, 0.2) is 64.5 Å². The summed E-state index contributed by atoms with van der Waals surface area (Å²) in [6.45, 7) is 9.93. The van der Waals surface area contributed by atoms with Crippen molar-refractivity contribution in [3.05, 3.63) is 76.4 Å². The van der Waals surface area contributed by atoms with Crippen LogP contribution in [0.3, 0.4) is 0 Å². The third-order valence-electron chi connectivity index (χ3n) is 8.94. The summed E-state index contributed by atoms with van der Waals surface area (Å²) in [5, 5.41) is 9.55. The van der Waals surface area contributed by atoms with Crippen molar-refractivity contribution in [2.24, 2.45) is 5.92 Å². The second-order valence-corrected chi connectivity index (χ2v) is 14.6. The fourth-order valence-corrected chi connectivity index (χ4v) is 7.22. The number of nitrogens with one attached hydrogen (secondary N) is 1. The van der Waals surface area contributed by atoms with Gasteiger partial charge in [-0.25, -0.2) is 9.78 Å². The van der Waals surface area contributed by atoms with E-state index in [4.69, 9.17) is 9.72 Å². The van der Waals surface area contributed by atoms with E-state index in [-0.39, 0.29) is 29.0 Å². The van der Waals surface area contributed by atoms with Crippen LogP contribution >= 0.6 is 11.3 Å². The number of nitrogens with zero attached hydrogens (tertiary/aromatic N) is 5. The lowest BCUT2D eigenvalue weighted by atomic mass is 9.78. The molecule has 2 fully saturated rings.